The van der Waals surface area contributed by atoms with Gasteiger partial charge in [0.25, 0.3) is 5.89 Å². The smallest absolute Gasteiger partial charge is 0.261 e. The van der Waals surface area contributed by atoms with Gasteiger partial charge in [-0.25, -0.2) is 0 Å². The van der Waals surface area contributed by atoms with Gasteiger partial charge in [-0.05, 0) is 17.5 Å². The Morgan fingerprint density at radius 3 is 2.73 bits per heavy atom. The number of hydrogen-bond acceptors (Lipinski definition) is 7. The van der Waals surface area contributed by atoms with Crippen LogP contribution < -0.4 is 5.73 Å². The van der Waals surface area contributed by atoms with Crippen molar-refractivity contribution < 1.29 is 4.42 Å². The Bertz CT molecular complexity index is 449. The Balaban J connectivity index is 2.40. The highest BCUT2D eigenvalue weighted by Gasteiger charge is 2.18. The van der Waals surface area contributed by atoms with Crippen molar-refractivity contribution in [1.82, 2.24) is 19.8 Å². The Kier molecular flexibility index (Phi) is 2.74. The molecule has 0 saturated heterocycles. The van der Waals surface area contributed by atoms with Crippen molar-refractivity contribution >= 4 is 11.5 Å². The van der Waals surface area contributed by atoms with E-state index in [9.17, 15) is 0 Å². The summed E-state index contributed by atoms with van der Waals surface area (Å²) in [6, 6.07) is 0. The minimum Gasteiger partial charge on any atom is -0.418 e. The van der Waals surface area contributed by atoms with E-state index in [4.69, 9.17) is 10.2 Å². The molecular formula is C8H11N5OS. The fourth-order valence-electron chi connectivity index (χ4n) is 1.15. The van der Waals surface area contributed by atoms with Crippen LogP contribution in [0.3, 0.4) is 0 Å². The molecule has 2 aromatic rings. The maximum Gasteiger partial charge on any atom is 0.261 e. The number of rotatable bonds is 3. The lowest BCUT2D eigenvalue weighted by molar-refractivity contribution is 0.509. The maximum absolute atomic E-state index is 5.39. The van der Waals surface area contributed by atoms with Crippen molar-refractivity contribution in [3.05, 3.63) is 11.6 Å². The molecule has 2 heterocycles. The van der Waals surface area contributed by atoms with E-state index >= 15 is 0 Å². The minimum absolute atomic E-state index is 0.246. The molecule has 0 unspecified atom stereocenters. The molecule has 15 heavy (non-hydrogen) atoms. The molecule has 0 aromatic carbocycles. The lowest BCUT2D eigenvalue weighted by atomic mass is 10.1. The van der Waals surface area contributed by atoms with Crippen LogP contribution in [0, 0.1) is 0 Å². The lowest BCUT2D eigenvalue weighted by Crippen LogP contribution is -1.95. The Labute approximate surface area is 90.7 Å². The minimum atomic E-state index is 0.246. The molecule has 0 aliphatic rings. The molecule has 0 amide bonds. The molecule has 0 fully saturated rings. The number of hydrogen-bond donors (Lipinski definition) is 1. The SMILES string of the molecule is CC(C)c1nnsc1-c1nnc(CN)o1. The van der Waals surface area contributed by atoms with Crippen LogP contribution >= 0.6 is 11.5 Å². The van der Waals surface area contributed by atoms with Gasteiger partial charge >= 0.3 is 0 Å². The fourth-order valence-corrected chi connectivity index (χ4v) is 1.89. The lowest BCUT2D eigenvalue weighted by Gasteiger charge is -1.99. The van der Waals surface area contributed by atoms with Gasteiger partial charge in [-0.1, -0.05) is 18.3 Å². The summed E-state index contributed by atoms with van der Waals surface area (Å²) in [5.74, 6) is 1.16. The van der Waals surface area contributed by atoms with Gasteiger partial charge in [0.2, 0.25) is 5.89 Å². The van der Waals surface area contributed by atoms with E-state index in [1.807, 2.05) is 13.8 Å². The molecule has 0 bridgehead atoms. The van der Waals surface area contributed by atoms with E-state index in [2.05, 4.69) is 19.8 Å². The highest BCUT2D eigenvalue weighted by Crippen LogP contribution is 2.29. The van der Waals surface area contributed by atoms with Gasteiger partial charge in [-0.2, -0.15) is 0 Å². The molecule has 0 aliphatic carbocycles. The zero-order chi connectivity index (χ0) is 10.8. The summed E-state index contributed by atoms with van der Waals surface area (Å²) >= 11 is 1.26. The standard InChI is InChI=1S/C8H11N5OS/c1-4(2)6-7(15-13-11-6)8-12-10-5(3-9)14-8/h4H,3,9H2,1-2H3. The quantitative estimate of drug-likeness (QED) is 0.843. The number of nitrogens with two attached hydrogens (primary N) is 1. The third-order valence-corrected chi connectivity index (χ3v) is 2.63. The van der Waals surface area contributed by atoms with Gasteiger partial charge in [0.1, 0.15) is 4.88 Å². The number of aromatic nitrogens is 4. The second-order valence-electron chi connectivity index (χ2n) is 3.35. The first-order valence-electron chi connectivity index (χ1n) is 4.57. The molecule has 0 radical (unpaired) electrons. The van der Waals surface area contributed by atoms with E-state index in [-0.39, 0.29) is 12.5 Å². The maximum atomic E-state index is 5.39. The molecule has 0 aliphatic heterocycles. The highest BCUT2D eigenvalue weighted by molar-refractivity contribution is 7.09. The molecule has 0 atom stereocenters. The van der Waals surface area contributed by atoms with Gasteiger partial charge in [-0.3, -0.25) is 0 Å². The van der Waals surface area contributed by atoms with Crippen molar-refractivity contribution in [2.45, 2.75) is 26.3 Å². The first-order valence-corrected chi connectivity index (χ1v) is 5.34. The average Bonchev–Trinajstić information content (AvgIpc) is 2.85. The molecule has 0 saturated carbocycles. The van der Waals surface area contributed by atoms with Crippen molar-refractivity contribution in [1.29, 1.82) is 0 Å². The van der Waals surface area contributed by atoms with Crippen LogP contribution in [-0.4, -0.2) is 19.8 Å². The summed E-state index contributed by atoms with van der Waals surface area (Å²) in [7, 11) is 0. The van der Waals surface area contributed by atoms with Crippen LogP contribution in [0.2, 0.25) is 0 Å². The van der Waals surface area contributed by atoms with Gasteiger partial charge in [0, 0.05) is 0 Å². The zero-order valence-corrected chi connectivity index (χ0v) is 9.28. The highest BCUT2D eigenvalue weighted by atomic mass is 32.1. The molecule has 2 aromatic heterocycles. The van der Waals surface area contributed by atoms with Gasteiger partial charge in [0.15, 0.2) is 0 Å². The van der Waals surface area contributed by atoms with Crippen molar-refractivity contribution in [3.8, 4) is 10.8 Å². The molecular weight excluding hydrogens is 214 g/mol. The predicted octanol–water partition coefficient (Wildman–Crippen LogP) is 1.17. The van der Waals surface area contributed by atoms with Gasteiger partial charge in [-0.15, -0.1) is 15.3 Å². The van der Waals surface area contributed by atoms with Crippen LogP contribution in [0.4, 0.5) is 0 Å². The fraction of sp³-hybridized carbons (Fsp3) is 0.500. The molecule has 80 valence electrons. The summed E-state index contributed by atoms with van der Waals surface area (Å²) in [6.45, 7) is 4.33. The van der Waals surface area contributed by atoms with Crippen molar-refractivity contribution in [3.63, 3.8) is 0 Å². The largest absolute Gasteiger partial charge is 0.418 e. The Morgan fingerprint density at radius 2 is 2.13 bits per heavy atom. The third-order valence-electron chi connectivity index (χ3n) is 1.90. The van der Waals surface area contributed by atoms with Crippen LogP contribution in [-0.2, 0) is 6.54 Å². The first-order chi connectivity index (χ1) is 7.22. The molecule has 0 spiro atoms. The average molecular weight is 225 g/mol. The Hall–Kier alpha value is -1.34. The van der Waals surface area contributed by atoms with Gasteiger partial charge in [0.05, 0.1) is 12.2 Å². The molecule has 6 nitrogen and oxygen atoms in total. The van der Waals surface area contributed by atoms with Crippen LogP contribution in [0.25, 0.3) is 10.8 Å². The molecule has 2 N–H and O–H groups in total. The summed E-state index contributed by atoms with van der Waals surface area (Å²) < 4.78 is 9.24. The summed E-state index contributed by atoms with van der Waals surface area (Å²) in [6.07, 6.45) is 0. The van der Waals surface area contributed by atoms with E-state index in [0.717, 1.165) is 10.6 Å². The topological polar surface area (TPSA) is 90.7 Å². The first kappa shape index (κ1) is 10.2. The zero-order valence-electron chi connectivity index (χ0n) is 8.47. The summed E-state index contributed by atoms with van der Waals surface area (Å²) in [4.78, 5) is 0.831. The monoisotopic (exact) mass is 225 g/mol. The Morgan fingerprint density at radius 1 is 1.33 bits per heavy atom. The second kappa shape index (κ2) is 4.03. The van der Waals surface area contributed by atoms with E-state index in [0.29, 0.717) is 11.8 Å². The molecule has 2 rings (SSSR count). The summed E-state index contributed by atoms with van der Waals surface area (Å²) in [5, 5.41) is 11.7. The van der Waals surface area contributed by atoms with E-state index in [1.54, 1.807) is 0 Å². The van der Waals surface area contributed by atoms with Crippen molar-refractivity contribution in [2.75, 3.05) is 0 Å². The van der Waals surface area contributed by atoms with Crippen LogP contribution in [0.5, 0.6) is 0 Å². The summed E-state index contributed by atoms with van der Waals surface area (Å²) in [5.41, 5.74) is 6.27. The normalized spacial score (nSPS) is 11.2. The third kappa shape index (κ3) is 1.88. The predicted molar refractivity (Wildman–Crippen MR) is 55.2 cm³/mol. The van der Waals surface area contributed by atoms with Crippen LogP contribution in [0.1, 0.15) is 31.4 Å². The second-order valence-corrected chi connectivity index (χ2v) is 4.10. The van der Waals surface area contributed by atoms with E-state index in [1.165, 1.54) is 11.5 Å². The van der Waals surface area contributed by atoms with Crippen molar-refractivity contribution in [2.24, 2.45) is 5.73 Å². The van der Waals surface area contributed by atoms with E-state index < -0.39 is 0 Å². The molecule has 7 heteroatoms. The van der Waals surface area contributed by atoms with Crippen LogP contribution in [0.15, 0.2) is 4.42 Å². The number of nitrogens with zero attached hydrogens (tertiary/aromatic N) is 4. The van der Waals surface area contributed by atoms with Gasteiger partial charge < -0.3 is 10.2 Å².